The Morgan fingerprint density at radius 1 is 1.00 bits per heavy atom. The van der Waals surface area contributed by atoms with Crippen LogP contribution in [0.2, 0.25) is 0 Å². The summed E-state index contributed by atoms with van der Waals surface area (Å²) >= 11 is 0. The largest absolute Gasteiger partial charge is 0.460 e. The highest BCUT2D eigenvalue weighted by Crippen LogP contribution is 2.32. The Balaban J connectivity index is 1.65. The Morgan fingerprint density at radius 3 is 2.62 bits per heavy atom. The summed E-state index contributed by atoms with van der Waals surface area (Å²) in [5, 5.41) is 3.20. The molecule has 2 heterocycles. The lowest BCUT2D eigenvalue weighted by molar-refractivity contribution is -0.137. The summed E-state index contributed by atoms with van der Waals surface area (Å²) in [6.45, 7) is 1.11. The van der Waals surface area contributed by atoms with Crippen molar-refractivity contribution in [3.8, 4) is 11.3 Å². The number of nitrogens with zero attached hydrogens (tertiary/aromatic N) is 1. The molecule has 0 aliphatic rings. The molecule has 0 aliphatic carbocycles. The molecule has 0 spiro atoms. The van der Waals surface area contributed by atoms with Gasteiger partial charge in [-0.1, -0.05) is 18.2 Å². The van der Waals surface area contributed by atoms with E-state index in [2.05, 4.69) is 10.3 Å². The Kier molecular flexibility index (Phi) is 4.66. The smallest absolute Gasteiger partial charge is 0.416 e. The molecule has 24 heavy (non-hydrogen) atoms. The minimum Gasteiger partial charge on any atom is -0.460 e. The number of rotatable bonds is 5. The molecule has 1 aromatic carbocycles. The van der Waals surface area contributed by atoms with Gasteiger partial charge in [-0.2, -0.15) is 13.2 Å². The molecule has 0 saturated carbocycles. The van der Waals surface area contributed by atoms with Gasteiger partial charge in [-0.05, 0) is 35.9 Å². The second-order valence-corrected chi connectivity index (χ2v) is 5.31. The number of pyridine rings is 1. The maximum Gasteiger partial charge on any atom is 0.416 e. The van der Waals surface area contributed by atoms with Gasteiger partial charge < -0.3 is 9.73 Å². The Hall–Kier alpha value is -2.60. The van der Waals surface area contributed by atoms with E-state index >= 15 is 0 Å². The van der Waals surface area contributed by atoms with Gasteiger partial charge >= 0.3 is 6.18 Å². The number of hydrogen-bond acceptors (Lipinski definition) is 3. The standard InChI is InChI=1S/C18H15F3N2O/c19-18(20,21)15-5-1-4-14(9-15)17-7-6-16(24-17)12-23-11-13-3-2-8-22-10-13/h1-10,23H,11-12H2. The first-order chi connectivity index (χ1) is 11.5. The average molecular weight is 332 g/mol. The van der Waals surface area contributed by atoms with E-state index in [1.165, 1.54) is 6.07 Å². The van der Waals surface area contributed by atoms with Gasteiger partial charge in [0, 0.05) is 24.5 Å². The molecule has 3 nitrogen and oxygen atoms in total. The van der Waals surface area contributed by atoms with E-state index in [1.54, 1.807) is 30.6 Å². The van der Waals surface area contributed by atoms with Crippen molar-refractivity contribution in [3.63, 3.8) is 0 Å². The minimum atomic E-state index is -4.36. The molecule has 0 fully saturated rings. The number of aromatic nitrogens is 1. The molecule has 6 heteroatoms. The molecule has 124 valence electrons. The van der Waals surface area contributed by atoms with Gasteiger partial charge in [0.05, 0.1) is 12.1 Å². The molecule has 0 saturated heterocycles. The summed E-state index contributed by atoms with van der Waals surface area (Å²) in [6, 6.07) is 12.4. The quantitative estimate of drug-likeness (QED) is 0.739. The van der Waals surface area contributed by atoms with E-state index < -0.39 is 11.7 Å². The molecular formula is C18H15F3N2O. The van der Waals surface area contributed by atoms with Crippen molar-refractivity contribution in [1.82, 2.24) is 10.3 Å². The van der Waals surface area contributed by atoms with E-state index in [0.29, 0.717) is 30.2 Å². The third-order valence-electron chi connectivity index (χ3n) is 3.49. The molecule has 3 aromatic rings. The number of alkyl halides is 3. The second-order valence-electron chi connectivity index (χ2n) is 5.31. The van der Waals surface area contributed by atoms with Crippen molar-refractivity contribution < 1.29 is 17.6 Å². The molecule has 1 N–H and O–H groups in total. The predicted octanol–water partition coefficient (Wildman–Crippen LogP) is 4.65. The van der Waals surface area contributed by atoms with Crippen molar-refractivity contribution >= 4 is 0 Å². The fourth-order valence-corrected chi connectivity index (χ4v) is 2.31. The van der Waals surface area contributed by atoms with E-state index in [4.69, 9.17) is 4.42 Å². The molecule has 0 radical (unpaired) electrons. The number of halogens is 3. The molecule has 0 aliphatic heterocycles. The first-order valence-corrected chi connectivity index (χ1v) is 7.38. The third-order valence-corrected chi connectivity index (χ3v) is 3.49. The lowest BCUT2D eigenvalue weighted by Gasteiger charge is -2.07. The maximum atomic E-state index is 12.8. The summed E-state index contributed by atoms with van der Waals surface area (Å²) < 4.78 is 43.9. The first kappa shape index (κ1) is 16.3. The maximum absolute atomic E-state index is 12.8. The molecule has 2 aromatic heterocycles. The molecule has 0 amide bonds. The average Bonchev–Trinajstić information content (AvgIpc) is 3.04. The van der Waals surface area contributed by atoms with E-state index in [0.717, 1.165) is 17.7 Å². The summed E-state index contributed by atoms with van der Waals surface area (Å²) in [5.74, 6) is 1.07. The molecule has 0 bridgehead atoms. The Labute approximate surface area is 137 Å². The van der Waals surface area contributed by atoms with Gasteiger partial charge in [0.15, 0.2) is 0 Å². The van der Waals surface area contributed by atoms with Crippen LogP contribution in [0.1, 0.15) is 16.9 Å². The summed E-state index contributed by atoms with van der Waals surface area (Å²) in [4.78, 5) is 4.03. The lowest BCUT2D eigenvalue weighted by atomic mass is 10.1. The SMILES string of the molecule is FC(F)(F)c1cccc(-c2ccc(CNCc3cccnc3)o2)c1. The van der Waals surface area contributed by atoms with Crippen LogP contribution in [0.15, 0.2) is 65.3 Å². The predicted molar refractivity (Wildman–Crippen MR) is 83.9 cm³/mol. The van der Waals surface area contributed by atoms with Crippen LogP contribution in [0.25, 0.3) is 11.3 Å². The van der Waals surface area contributed by atoms with Gasteiger partial charge in [0.2, 0.25) is 0 Å². The van der Waals surface area contributed by atoms with Gasteiger partial charge in [-0.25, -0.2) is 0 Å². The van der Waals surface area contributed by atoms with Crippen LogP contribution in [0.3, 0.4) is 0 Å². The number of benzene rings is 1. The van der Waals surface area contributed by atoms with Crippen molar-refractivity contribution in [3.05, 3.63) is 77.8 Å². The van der Waals surface area contributed by atoms with Gasteiger partial charge in [0.25, 0.3) is 0 Å². The normalized spacial score (nSPS) is 11.6. The monoisotopic (exact) mass is 332 g/mol. The van der Waals surface area contributed by atoms with Crippen molar-refractivity contribution in [2.75, 3.05) is 0 Å². The Morgan fingerprint density at radius 2 is 1.88 bits per heavy atom. The third kappa shape index (κ3) is 4.02. The van der Waals surface area contributed by atoms with Crippen LogP contribution in [-0.2, 0) is 19.3 Å². The van der Waals surface area contributed by atoms with Crippen LogP contribution in [0, 0.1) is 0 Å². The van der Waals surface area contributed by atoms with Gasteiger partial charge in [-0.3, -0.25) is 4.98 Å². The lowest BCUT2D eigenvalue weighted by Crippen LogP contribution is -2.12. The van der Waals surface area contributed by atoms with Crippen molar-refractivity contribution in [2.24, 2.45) is 0 Å². The van der Waals surface area contributed by atoms with Crippen LogP contribution < -0.4 is 5.32 Å². The van der Waals surface area contributed by atoms with Crippen LogP contribution in [0.5, 0.6) is 0 Å². The second kappa shape index (κ2) is 6.88. The molecule has 0 unspecified atom stereocenters. The highest BCUT2D eigenvalue weighted by atomic mass is 19.4. The zero-order valence-electron chi connectivity index (χ0n) is 12.7. The van der Waals surface area contributed by atoms with Crippen LogP contribution >= 0.6 is 0 Å². The summed E-state index contributed by atoms with van der Waals surface area (Å²) in [5.41, 5.74) is 0.762. The van der Waals surface area contributed by atoms with Crippen LogP contribution in [0.4, 0.5) is 13.2 Å². The fourth-order valence-electron chi connectivity index (χ4n) is 2.31. The number of furan rings is 1. The minimum absolute atomic E-state index is 0.406. The summed E-state index contributed by atoms with van der Waals surface area (Å²) in [7, 11) is 0. The Bertz CT molecular complexity index is 797. The summed E-state index contributed by atoms with van der Waals surface area (Å²) in [6.07, 6.45) is -0.892. The van der Waals surface area contributed by atoms with Crippen LogP contribution in [-0.4, -0.2) is 4.98 Å². The number of nitrogens with one attached hydrogen (secondary N) is 1. The highest BCUT2D eigenvalue weighted by molar-refractivity contribution is 5.58. The first-order valence-electron chi connectivity index (χ1n) is 7.38. The molecular weight excluding hydrogens is 317 g/mol. The zero-order valence-corrected chi connectivity index (χ0v) is 12.7. The van der Waals surface area contributed by atoms with Crippen molar-refractivity contribution in [1.29, 1.82) is 0 Å². The molecule has 3 rings (SSSR count). The van der Waals surface area contributed by atoms with E-state index in [-0.39, 0.29) is 0 Å². The fraction of sp³-hybridized carbons (Fsp3) is 0.167. The van der Waals surface area contributed by atoms with E-state index in [9.17, 15) is 13.2 Å². The molecule has 0 atom stereocenters. The van der Waals surface area contributed by atoms with E-state index in [1.807, 2.05) is 12.1 Å². The topological polar surface area (TPSA) is 38.1 Å². The zero-order chi connectivity index (χ0) is 17.0. The van der Waals surface area contributed by atoms with Gasteiger partial charge in [-0.15, -0.1) is 0 Å². The van der Waals surface area contributed by atoms with Crippen molar-refractivity contribution in [2.45, 2.75) is 19.3 Å². The number of hydrogen-bond donors (Lipinski definition) is 1. The highest BCUT2D eigenvalue weighted by Gasteiger charge is 2.30. The van der Waals surface area contributed by atoms with Gasteiger partial charge in [0.1, 0.15) is 11.5 Å².